The van der Waals surface area contributed by atoms with Crippen molar-refractivity contribution in [3.05, 3.63) is 40.4 Å². The lowest BCUT2D eigenvalue weighted by molar-refractivity contribution is -0.222. The molecule has 0 radical (unpaired) electrons. The van der Waals surface area contributed by atoms with Crippen molar-refractivity contribution in [1.29, 1.82) is 0 Å². The number of carbonyl (C=O) groups is 3. The number of cyclic esters (lactones) is 1. The fraction of sp³-hybridized carbons (Fsp3) is 0.500. The lowest BCUT2D eigenvalue weighted by Crippen LogP contribution is -2.57. The van der Waals surface area contributed by atoms with Crippen LogP contribution in [0.4, 0.5) is 4.79 Å². The predicted molar refractivity (Wildman–Crippen MR) is 123 cm³/mol. The number of amides is 2. The van der Waals surface area contributed by atoms with Crippen LogP contribution >= 0.6 is 23.2 Å². The molecule has 0 saturated carbocycles. The number of morpholine rings is 1. The molecule has 1 unspecified atom stereocenters. The van der Waals surface area contributed by atoms with Gasteiger partial charge in [0, 0.05) is 41.3 Å². The zero-order chi connectivity index (χ0) is 24.7. The first-order valence-corrected chi connectivity index (χ1v) is 11.6. The molecule has 3 rings (SSSR count). The van der Waals surface area contributed by atoms with Crippen LogP contribution in [0.3, 0.4) is 0 Å². The number of rotatable bonds is 7. The van der Waals surface area contributed by atoms with Crippen LogP contribution in [0.25, 0.3) is 0 Å². The van der Waals surface area contributed by atoms with Gasteiger partial charge in [-0.05, 0) is 32.0 Å². The second kappa shape index (κ2) is 12.3. The zero-order valence-corrected chi connectivity index (χ0v) is 20.5. The molecule has 1 aromatic rings. The standard InChI is InChI=1S/C22H27Cl2N3O7/c1-15(2)26(7-10-32-18-12-16(23)11-17(24)13-18)22(30)27-19(14-25-5-8-31-9-6-25)33-20(28)3-4-21(29)34-27/h3-4,11-13,15,19H,5-10,14H2,1-2H3/b4-3+. The summed E-state index contributed by atoms with van der Waals surface area (Å²) in [7, 11) is 0. The fourth-order valence-electron chi connectivity index (χ4n) is 3.40. The molecule has 0 spiro atoms. The van der Waals surface area contributed by atoms with E-state index in [4.69, 9.17) is 42.3 Å². The third kappa shape index (κ3) is 7.49. The third-order valence-corrected chi connectivity index (χ3v) is 5.51. The Bertz CT molecular complexity index is 902. The molecular formula is C22H27Cl2N3O7. The number of urea groups is 1. The first kappa shape index (κ1) is 26.1. The van der Waals surface area contributed by atoms with Crippen molar-refractivity contribution < 1.29 is 33.4 Å². The summed E-state index contributed by atoms with van der Waals surface area (Å²) in [4.78, 5) is 46.5. The van der Waals surface area contributed by atoms with Crippen molar-refractivity contribution >= 4 is 41.2 Å². The second-order valence-electron chi connectivity index (χ2n) is 7.90. The number of nitrogens with zero attached hydrogens (tertiary/aromatic N) is 3. The second-order valence-corrected chi connectivity index (χ2v) is 8.77. The molecule has 186 valence electrons. The Labute approximate surface area is 207 Å². The van der Waals surface area contributed by atoms with Crippen LogP contribution < -0.4 is 4.74 Å². The number of hydroxylamine groups is 2. The van der Waals surface area contributed by atoms with E-state index in [1.165, 1.54) is 4.90 Å². The molecule has 0 aliphatic carbocycles. The topological polar surface area (TPSA) is 97.9 Å². The van der Waals surface area contributed by atoms with Gasteiger partial charge in [0.2, 0.25) is 6.23 Å². The van der Waals surface area contributed by atoms with E-state index in [1.807, 2.05) is 18.7 Å². The zero-order valence-electron chi connectivity index (χ0n) is 18.9. The average molecular weight is 516 g/mol. The highest BCUT2D eigenvalue weighted by atomic mass is 35.5. The van der Waals surface area contributed by atoms with E-state index in [0.717, 1.165) is 17.2 Å². The summed E-state index contributed by atoms with van der Waals surface area (Å²) < 4.78 is 16.5. The van der Waals surface area contributed by atoms with Crippen LogP contribution in [0.15, 0.2) is 30.4 Å². The highest BCUT2D eigenvalue weighted by Gasteiger charge is 2.37. The molecule has 0 bridgehead atoms. The molecule has 12 heteroatoms. The van der Waals surface area contributed by atoms with Crippen LogP contribution in [-0.2, 0) is 23.9 Å². The maximum absolute atomic E-state index is 13.5. The maximum atomic E-state index is 13.5. The molecule has 1 aromatic carbocycles. The smallest absolute Gasteiger partial charge is 0.357 e. The Hall–Kier alpha value is -2.53. The number of hydrogen-bond donors (Lipinski definition) is 0. The first-order chi connectivity index (χ1) is 16.2. The van der Waals surface area contributed by atoms with Crippen molar-refractivity contribution in [3.63, 3.8) is 0 Å². The van der Waals surface area contributed by atoms with Crippen LogP contribution in [0, 0.1) is 0 Å². The molecule has 1 saturated heterocycles. The highest BCUT2D eigenvalue weighted by Crippen LogP contribution is 2.24. The normalized spacial score (nSPS) is 20.3. The van der Waals surface area contributed by atoms with E-state index in [9.17, 15) is 14.4 Å². The van der Waals surface area contributed by atoms with Crippen molar-refractivity contribution in [2.75, 3.05) is 46.0 Å². The lowest BCUT2D eigenvalue weighted by atomic mass is 10.3. The van der Waals surface area contributed by atoms with Crippen LogP contribution in [-0.4, -0.2) is 91.1 Å². The van der Waals surface area contributed by atoms with Gasteiger partial charge in [0.25, 0.3) is 0 Å². The van der Waals surface area contributed by atoms with Gasteiger partial charge in [0.1, 0.15) is 12.4 Å². The SMILES string of the molecule is CC(C)N(CCOc1cc(Cl)cc(Cl)c1)C(=O)N1OC(=O)/C=C/C(=O)OC1CN1CCOCC1. The number of benzene rings is 1. The highest BCUT2D eigenvalue weighted by molar-refractivity contribution is 6.34. The third-order valence-electron chi connectivity index (χ3n) is 5.07. The van der Waals surface area contributed by atoms with Crippen molar-refractivity contribution in [2.24, 2.45) is 0 Å². The summed E-state index contributed by atoms with van der Waals surface area (Å²) in [5.74, 6) is -1.15. The molecule has 1 atom stereocenters. The van der Waals surface area contributed by atoms with Gasteiger partial charge in [-0.1, -0.05) is 23.2 Å². The quantitative estimate of drug-likeness (QED) is 0.511. The number of ether oxygens (including phenoxy) is 3. The number of carbonyl (C=O) groups excluding carboxylic acids is 3. The molecule has 10 nitrogen and oxygen atoms in total. The molecule has 1 fully saturated rings. The van der Waals surface area contributed by atoms with Gasteiger partial charge in [-0.25, -0.2) is 14.4 Å². The van der Waals surface area contributed by atoms with Crippen LogP contribution in [0.2, 0.25) is 10.0 Å². The molecule has 2 amide bonds. The Morgan fingerprint density at radius 1 is 1.12 bits per heavy atom. The van der Waals surface area contributed by atoms with Crippen molar-refractivity contribution in [1.82, 2.24) is 14.9 Å². The molecule has 0 N–H and O–H groups in total. The first-order valence-electron chi connectivity index (χ1n) is 10.8. The van der Waals surface area contributed by atoms with Gasteiger partial charge in [-0.3, -0.25) is 4.90 Å². The van der Waals surface area contributed by atoms with Gasteiger partial charge in [0.05, 0.1) is 26.3 Å². The van der Waals surface area contributed by atoms with Gasteiger partial charge < -0.3 is 23.9 Å². The van der Waals surface area contributed by atoms with E-state index in [0.29, 0.717) is 42.1 Å². The minimum Gasteiger partial charge on any atom is -0.492 e. The Morgan fingerprint density at radius 2 is 1.76 bits per heavy atom. The molecule has 2 aliphatic heterocycles. The minimum atomic E-state index is -1.14. The van der Waals surface area contributed by atoms with E-state index < -0.39 is 24.2 Å². The summed E-state index contributed by atoms with van der Waals surface area (Å²) in [6, 6.07) is 3.88. The lowest BCUT2D eigenvalue weighted by Gasteiger charge is -2.38. The van der Waals surface area contributed by atoms with Crippen molar-refractivity contribution in [2.45, 2.75) is 26.1 Å². The summed E-state index contributed by atoms with van der Waals surface area (Å²) in [5, 5.41) is 1.66. The van der Waals surface area contributed by atoms with Crippen LogP contribution in [0.5, 0.6) is 5.75 Å². The summed E-state index contributed by atoms with van der Waals surface area (Å²) in [6.07, 6.45) is 0.751. The Kier molecular flexibility index (Phi) is 9.40. The summed E-state index contributed by atoms with van der Waals surface area (Å²) in [6.45, 7) is 6.25. The molecule has 2 heterocycles. The molecule has 34 heavy (non-hydrogen) atoms. The van der Waals surface area contributed by atoms with E-state index in [-0.39, 0.29) is 25.7 Å². The Morgan fingerprint density at radius 3 is 2.41 bits per heavy atom. The van der Waals surface area contributed by atoms with Crippen molar-refractivity contribution in [3.8, 4) is 5.75 Å². The monoisotopic (exact) mass is 515 g/mol. The van der Waals surface area contributed by atoms with E-state index in [1.54, 1.807) is 18.2 Å². The summed E-state index contributed by atoms with van der Waals surface area (Å²) >= 11 is 12.0. The van der Waals surface area contributed by atoms with E-state index >= 15 is 0 Å². The number of hydrogen-bond acceptors (Lipinski definition) is 8. The van der Waals surface area contributed by atoms with Gasteiger partial charge in [-0.15, -0.1) is 5.06 Å². The molecule has 2 aliphatic rings. The average Bonchev–Trinajstić information content (AvgIpc) is 2.77. The molecular weight excluding hydrogens is 489 g/mol. The maximum Gasteiger partial charge on any atom is 0.357 e. The Balaban J connectivity index is 1.74. The predicted octanol–water partition coefficient (Wildman–Crippen LogP) is 2.73. The largest absolute Gasteiger partial charge is 0.492 e. The van der Waals surface area contributed by atoms with E-state index in [2.05, 4.69) is 0 Å². The van der Waals surface area contributed by atoms with Gasteiger partial charge in [-0.2, -0.15) is 0 Å². The number of halogens is 2. The minimum absolute atomic E-state index is 0.121. The molecule has 0 aromatic heterocycles. The van der Waals surface area contributed by atoms with Crippen LogP contribution in [0.1, 0.15) is 13.8 Å². The summed E-state index contributed by atoms with van der Waals surface area (Å²) in [5.41, 5.74) is 0. The van der Waals surface area contributed by atoms with Gasteiger partial charge in [0.15, 0.2) is 0 Å². The number of esters is 1. The fourth-order valence-corrected chi connectivity index (χ4v) is 3.90. The van der Waals surface area contributed by atoms with Gasteiger partial charge >= 0.3 is 18.0 Å².